The Morgan fingerprint density at radius 3 is 2.32 bits per heavy atom. The Hall–Kier alpha value is -2.23. The highest BCUT2D eigenvalue weighted by atomic mass is 19.1. The highest BCUT2D eigenvalue weighted by Crippen LogP contribution is 2.22. The van der Waals surface area contributed by atoms with Crippen molar-refractivity contribution in [2.45, 2.75) is 13.8 Å². The number of nitrogens with two attached hydrogens (primary N) is 1. The summed E-state index contributed by atoms with van der Waals surface area (Å²) in [6.45, 7) is 3.27. The fraction of sp³-hybridized carbons (Fsp3) is 0.133. The molecule has 4 heteroatoms. The number of carbonyl (C=O) groups excluding carboxylic acids is 1. The van der Waals surface area contributed by atoms with Gasteiger partial charge in [0.1, 0.15) is 11.6 Å². The molecule has 0 spiro atoms. The summed E-state index contributed by atoms with van der Waals surface area (Å²) in [5.74, 6) is -2.40. The van der Waals surface area contributed by atoms with Crippen LogP contribution in [0.1, 0.15) is 27.0 Å². The second kappa shape index (κ2) is 4.80. The van der Waals surface area contributed by atoms with Crippen LogP contribution in [0.2, 0.25) is 0 Å². The Balaban J connectivity index is 2.56. The number of benzene rings is 2. The first kappa shape index (κ1) is 13.2. The SMILES string of the molecule is Cc1ccc(C(=O)c2c(F)ccc(C)c2F)cc1N. The van der Waals surface area contributed by atoms with Crippen molar-refractivity contribution in [3.8, 4) is 0 Å². The molecule has 0 saturated carbocycles. The van der Waals surface area contributed by atoms with Gasteiger partial charge in [-0.2, -0.15) is 0 Å². The number of carbonyl (C=O) groups is 1. The van der Waals surface area contributed by atoms with E-state index in [9.17, 15) is 13.6 Å². The maximum Gasteiger partial charge on any atom is 0.199 e. The highest BCUT2D eigenvalue weighted by molar-refractivity contribution is 6.09. The van der Waals surface area contributed by atoms with Crippen LogP contribution in [0.25, 0.3) is 0 Å². The molecule has 0 saturated heterocycles. The third-order valence-electron chi connectivity index (χ3n) is 3.05. The van der Waals surface area contributed by atoms with E-state index in [1.165, 1.54) is 25.1 Å². The van der Waals surface area contributed by atoms with Gasteiger partial charge < -0.3 is 5.73 Å². The van der Waals surface area contributed by atoms with Crippen molar-refractivity contribution in [2.24, 2.45) is 0 Å². The minimum atomic E-state index is -0.868. The van der Waals surface area contributed by atoms with Gasteiger partial charge in [0, 0.05) is 11.3 Å². The summed E-state index contributed by atoms with van der Waals surface area (Å²) in [5, 5.41) is 0. The molecule has 0 atom stereocenters. The second-order valence-electron chi connectivity index (χ2n) is 4.45. The Labute approximate surface area is 109 Å². The summed E-state index contributed by atoms with van der Waals surface area (Å²) in [7, 11) is 0. The third-order valence-corrected chi connectivity index (χ3v) is 3.05. The fourth-order valence-corrected chi connectivity index (χ4v) is 1.79. The molecule has 0 fully saturated rings. The zero-order chi connectivity index (χ0) is 14.2. The van der Waals surface area contributed by atoms with Crippen LogP contribution in [0.4, 0.5) is 14.5 Å². The average molecular weight is 261 g/mol. The Morgan fingerprint density at radius 1 is 1.05 bits per heavy atom. The van der Waals surface area contributed by atoms with Gasteiger partial charge in [0.05, 0.1) is 5.56 Å². The van der Waals surface area contributed by atoms with Gasteiger partial charge in [-0.3, -0.25) is 4.79 Å². The van der Waals surface area contributed by atoms with Gasteiger partial charge >= 0.3 is 0 Å². The molecule has 2 aromatic carbocycles. The van der Waals surface area contributed by atoms with Crippen molar-refractivity contribution in [2.75, 3.05) is 5.73 Å². The Morgan fingerprint density at radius 2 is 1.68 bits per heavy atom. The molecule has 98 valence electrons. The fourth-order valence-electron chi connectivity index (χ4n) is 1.79. The summed E-state index contributed by atoms with van der Waals surface area (Å²) in [5.41, 5.74) is 6.79. The van der Waals surface area contributed by atoms with E-state index in [0.717, 1.165) is 11.6 Å². The van der Waals surface area contributed by atoms with E-state index in [1.54, 1.807) is 13.0 Å². The van der Waals surface area contributed by atoms with E-state index >= 15 is 0 Å². The summed E-state index contributed by atoms with van der Waals surface area (Å²) < 4.78 is 27.5. The van der Waals surface area contributed by atoms with Crippen molar-refractivity contribution in [1.29, 1.82) is 0 Å². The second-order valence-corrected chi connectivity index (χ2v) is 4.45. The first-order chi connectivity index (χ1) is 8.91. The van der Waals surface area contributed by atoms with Gasteiger partial charge in [-0.15, -0.1) is 0 Å². The van der Waals surface area contributed by atoms with Crippen LogP contribution >= 0.6 is 0 Å². The van der Waals surface area contributed by atoms with Crippen LogP contribution in [0.5, 0.6) is 0 Å². The van der Waals surface area contributed by atoms with Gasteiger partial charge in [0.15, 0.2) is 5.78 Å². The molecule has 0 aliphatic rings. The van der Waals surface area contributed by atoms with Crippen molar-refractivity contribution in [3.05, 3.63) is 64.2 Å². The van der Waals surface area contributed by atoms with Gasteiger partial charge in [-0.1, -0.05) is 18.2 Å². The summed E-state index contributed by atoms with van der Waals surface area (Å²) in [4.78, 5) is 12.2. The van der Waals surface area contributed by atoms with Crippen LogP contribution < -0.4 is 5.73 Å². The summed E-state index contributed by atoms with van der Waals surface area (Å²) in [6.07, 6.45) is 0. The standard InChI is InChI=1S/C15H13F2NO/c1-8-3-5-10(7-12(8)18)15(19)13-11(16)6-4-9(2)14(13)17/h3-7H,18H2,1-2H3. The lowest BCUT2D eigenvalue weighted by Crippen LogP contribution is -2.09. The molecule has 2 aromatic rings. The molecule has 0 bridgehead atoms. The third kappa shape index (κ3) is 2.34. The number of ketones is 1. The molecule has 0 aliphatic carbocycles. The predicted molar refractivity (Wildman–Crippen MR) is 70.1 cm³/mol. The molecule has 0 amide bonds. The summed E-state index contributed by atoms with van der Waals surface area (Å²) >= 11 is 0. The van der Waals surface area contributed by atoms with Gasteiger partial charge in [0.2, 0.25) is 0 Å². The number of nitrogen functional groups attached to an aromatic ring is 1. The van der Waals surface area contributed by atoms with Crippen molar-refractivity contribution < 1.29 is 13.6 Å². The maximum atomic E-state index is 13.9. The van der Waals surface area contributed by atoms with Crippen molar-refractivity contribution in [3.63, 3.8) is 0 Å². The number of halogens is 2. The monoisotopic (exact) mass is 261 g/mol. The topological polar surface area (TPSA) is 43.1 Å². The van der Waals surface area contributed by atoms with E-state index < -0.39 is 23.0 Å². The zero-order valence-electron chi connectivity index (χ0n) is 10.6. The highest BCUT2D eigenvalue weighted by Gasteiger charge is 2.20. The molecule has 2 N–H and O–H groups in total. The molecular weight excluding hydrogens is 248 g/mol. The lowest BCUT2D eigenvalue weighted by atomic mass is 9.99. The number of hydrogen-bond donors (Lipinski definition) is 1. The lowest BCUT2D eigenvalue weighted by molar-refractivity contribution is 0.103. The quantitative estimate of drug-likeness (QED) is 0.665. The number of rotatable bonds is 2. The van der Waals surface area contributed by atoms with E-state index in [1.807, 2.05) is 0 Å². The van der Waals surface area contributed by atoms with Gasteiger partial charge in [-0.05, 0) is 37.1 Å². The predicted octanol–water partition coefficient (Wildman–Crippen LogP) is 3.39. The molecular formula is C15H13F2NO. The minimum Gasteiger partial charge on any atom is -0.398 e. The zero-order valence-corrected chi connectivity index (χ0v) is 10.6. The van der Waals surface area contributed by atoms with Crippen LogP contribution in [0.3, 0.4) is 0 Å². The molecule has 0 aliphatic heterocycles. The molecule has 0 unspecified atom stereocenters. The van der Waals surface area contributed by atoms with Gasteiger partial charge in [-0.25, -0.2) is 8.78 Å². The normalized spacial score (nSPS) is 10.5. The molecule has 0 heterocycles. The molecule has 0 radical (unpaired) electrons. The minimum absolute atomic E-state index is 0.173. The molecule has 19 heavy (non-hydrogen) atoms. The van der Waals surface area contributed by atoms with E-state index in [0.29, 0.717) is 5.69 Å². The van der Waals surface area contributed by atoms with E-state index in [4.69, 9.17) is 5.73 Å². The Kier molecular flexibility index (Phi) is 3.34. The van der Waals surface area contributed by atoms with E-state index in [2.05, 4.69) is 0 Å². The largest absolute Gasteiger partial charge is 0.398 e. The van der Waals surface area contributed by atoms with Crippen LogP contribution in [0, 0.1) is 25.5 Å². The molecule has 2 rings (SSSR count). The van der Waals surface area contributed by atoms with Crippen molar-refractivity contribution in [1.82, 2.24) is 0 Å². The average Bonchev–Trinajstić information content (AvgIpc) is 2.37. The first-order valence-corrected chi connectivity index (χ1v) is 5.77. The number of aryl methyl sites for hydroxylation is 2. The van der Waals surface area contributed by atoms with Crippen LogP contribution in [-0.2, 0) is 0 Å². The lowest BCUT2D eigenvalue weighted by Gasteiger charge is -2.08. The smallest absolute Gasteiger partial charge is 0.199 e. The number of anilines is 1. The van der Waals surface area contributed by atoms with Gasteiger partial charge in [0.25, 0.3) is 0 Å². The molecule has 0 aromatic heterocycles. The maximum absolute atomic E-state index is 13.9. The Bertz CT molecular complexity index is 665. The summed E-state index contributed by atoms with van der Waals surface area (Å²) in [6, 6.07) is 6.97. The van der Waals surface area contributed by atoms with E-state index in [-0.39, 0.29) is 11.1 Å². The number of hydrogen-bond acceptors (Lipinski definition) is 2. The van der Waals surface area contributed by atoms with Crippen molar-refractivity contribution >= 4 is 11.5 Å². The van der Waals surface area contributed by atoms with Crippen LogP contribution in [-0.4, -0.2) is 5.78 Å². The van der Waals surface area contributed by atoms with Crippen LogP contribution in [0.15, 0.2) is 30.3 Å². The first-order valence-electron chi connectivity index (χ1n) is 5.77. The molecule has 2 nitrogen and oxygen atoms in total.